The zero-order valence-electron chi connectivity index (χ0n) is 18.1. The highest BCUT2D eigenvalue weighted by molar-refractivity contribution is 6.06. The molecule has 0 unspecified atom stereocenters. The van der Waals surface area contributed by atoms with Gasteiger partial charge in [-0.1, -0.05) is 6.07 Å². The van der Waals surface area contributed by atoms with Crippen molar-refractivity contribution < 1.29 is 35.9 Å². The van der Waals surface area contributed by atoms with Crippen LogP contribution in [0, 0.1) is 17.5 Å². The highest BCUT2D eigenvalue weighted by Crippen LogP contribution is 2.29. The molecule has 1 heterocycles. The van der Waals surface area contributed by atoms with Gasteiger partial charge in [0, 0.05) is 19.5 Å². The molecule has 1 aromatic heterocycles. The summed E-state index contributed by atoms with van der Waals surface area (Å²) >= 11 is 0. The van der Waals surface area contributed by atoms with E-state index < -0.39 is 70.9 Å². The molecule has 0 radical (unpaired) electrons. The SMILES string of the molecule is Cn1c(CCN)nn(-c2cc(O[C@@H](CF)C(F)F)c(C(=O)Nc3c(F)cccc3F)cc2F)c1=O. The summed E-state index contributed by atoms with van der Waals surface area (Å²) in [5, 5.41) is 5.81. The van der Waals surface area contributed by atoms with Crippen LogP contribution in [-0.2, 0) is 13.5 Å². The molecule has 0 aliphatic carbocycles. The molecule has 8 nitrogen and oxygen atoms in total. The summed E-state index contributed by atoms with van der Waals surface area (Å²) in [5.74, 6) is -5.52. The summed E-state index contributed by atoms with van der Waals surface area (Å²) in [6.07, 6.45) is -5.56. The molecule has 1 atom stereocenters. The fourth-order valence-corrected chi connectivity index (χ4v) is 3.07. The molecule has 3 N–H and O–H groups in total. The number of ether oxygens (including phenoxy) is 1. The number of carbonyl (C=O) groups excluding carboxylic acids is 1. The first-order valence-corrected chi connectivity index (χ1v) is 10.0. The minimum absolute atomic E-state index is 0.111. The second kappa shape index (κ2) is 10.6. The number of para-hydroxylation sites is 1. The largest absolute Gasteiger partial charge is 0.481 e. The molecular formula is C21H19F6N5O3. The van der Waals surface area contributed by atoms with Gasteiger partial charge in [-0.25, -0.2) is 31.1 Å². The molecule has 0 saturated heterocycles. The third-order valence-electron chi connectivity index (χ3n) is 4.87. The van der Waals surface area contributed by atoms with E-state index in [1.54, 1.807) is 0 Å². The summed E-state index contributed by atoms with van der Waals surface area (Å²) in [6, 6.07) is 3.88. The maximum Gasteiger partial charge on any atom is 0.350 e. The standard InChI is InChI=1S/C21H19F6N5O3/c1-31-17(5-6-28)30-32(21(31)34)14-8-15(35-16(9-22)19(26)27)10(7-13(14)25)20(33)29-18-11(23)3-2-4-12(18)24/h2-4,7-8,16,19H,5-6,9,28H2,1H3,(H,29,33)/t16-/m0/s1. The number of carbonyl (C=O) groups is 1. The van der Waals surface area contributed by atoms with E-state index in [2.05, 4.69) is 5.10 Å². The van der Waals surface area contributed by atoms with Crippen LogP contribution in [0.1, 0.15) is 16.2 Å². The second-order valence-electron chi connectivity index (χ2n) is 7.20. The molecule has 1 amide bonds. The summed E-state index contributed by atoms with van der Waals surface area (Å²) in [5.41, 5.74) is 2.33. The van der Waals surface area contributed by atoms with E-state index in [4.69, 9.17) is 10.5 Å². The van der Waals surface area contributed by atoms with Gasteiger partial charge in [0.15, 0.2) is 6.10 Å². The minimum atomic E-state index is -3.35. The summed E-state index contributed by atoms with van der Waals surface area (Å²) in [7, 11) is 1.34. The lowest BCUT2D eigenvalue weighted by atomic mass is 10.1. The average molecular weight is 503 g/mol. The van der Waals surface area contributed by atoms with Crippen LogP contribution in [-0.4, -0.2) is 46.0 Å². The highest BCUT2D eigenvalue weighted by atomic mass is 19.3. The molecule has 0 fully saturated rings. The summed E-state index contributed by atoms with van der Waals surface area (Å²) < 4.78 is 88.9. The Balaban J connectivity index is 2.14. The topological polar surface area (TPSA) is 104 Å². The van der Waals surface area contributed by atoms with E-state index in [0.29, 0.717) is 16.8 Å². The van der Waals surface area contributed by atoms with Gasteiger partial charge < -0.3 is 15.8 Å². The minimum Gasteiger partial charge on any atom is -0.481 e. The Kier molecular flexibility index (Phi) is 7.84. The molecule has 0 spiro atoms. The molecule has 35 heavy (non-hydrogen) atoms. The monoisotopic (exact) mass is 503 g/mol. The van der Waals surface area contributed by atoms with Crippen LogP contribution in [0.2, 0.25) is 0 Å². The molecule has 0 aliphatic rings. The zero-order valence-corrected chi connectivity index (χ0v) is 18.1. The lowest BCUT2D eigenvalue weighted by Crippen LogP contribution is -2.29. The molecular weight excluding hydrogens is 484 g/mol. The van der Waals surface area contributed by atoms with Crippen molar-refractivity contribution >= 4 is 11.6 Å². The third-order valence-corrected chi connectivity index (χ3v) is 4.87. The third kappa shape index (κ3) is 5.31. The predicted octanol–water partition coefficient (Wildman–Crippen LogP) is 2.72. The number of aromatic nitrogens is 3. The van der Waals surface area contributed by atoms with Gasteiger partial charge in [0.05, 0.1) is 5.56 Å². The fourth-order valence-electron chi connectivity index (χ4n) is 3.07. The quantitative estimate of drug-likeness (QED) is 0.437. The normalized spacial score (nSPS) is 12.1. The van der Waals surface area contributed by atoms with Gasteiger partial charge >= 0.3 is 5.69 Å². The Bertz CT molecular complexity index is 1270. The number of hydrogen-bond acceptors (Lipinski definition) is 5. The van der Waals surface area contributed by atoms with Crippen LogP contribution in [0.15, 0.2) is 35.1 Å². The van der Waals surface area contributed by atoms with Crippen LogP contribution in [0.3, 0.4) is 0 Å². The zero-order chi connectivity index (χ0) is 25.9. The van der Waals surface area contributed by atoms with Gasteiger partial charge in [-0.05, 0) is 24.7 Å². The number of halogens is 6. The summed E-state index contributed by atoms with van der Waals surface area (Å²) in [4.78, 5) is 25.2. The van der Waals surface area contributed by atoms with Crippen molar-refractivity contribution in [3.05, 3.63) is 69.7 Å². The second-order valence-corrected chi connectivity index (χ2v) is 7.20. The van der Waals surface area contributed by atoms with Crippen molar-refractivity contribution in [2.24, 2.45) is 12.8 Å². The van der Waals surface area contributed by atoms with Crippen LogP contribution in [0.4, 0.5) is 32.0 Å². The van der Waals surface area contributed by atoms with Gasteiger partial charge in [-0.15, -0.1) is 5.10 Å². The van der Waals surface area contributed by atoms with Crippen LogP contribution >= 0.6 is 0 Å². The van der Waals surface area contributed by atoms with Gasteiger partial charge in [-0.3, -0.25) is 9.36 Å². The first-order valence-electron chi connectivity index (χ1n) is 10.0. The Morgan fingerprint density at radius 1 is 1.17 bits per heavy atom. The number of alkyl halides is 3. The lowest BCUT2D eigenvalue weighted by molar-refractivity contribution is -0.00158. The highest BCUT2D eigenvalue weighted by Gasteiger charge is 2.28. The maximum atomic E-state index is 15.0. The molecule has 0 saturated carbocycles. The number of amides is 1. The van der Waals surface area contributed by atoms with Crippen LogP contribution in [0.25, 0.3) is 5.69 Å². The van der Waals surface area contributed by atoms with Crippen molar-refractivity contribution in [3.8, 4) is 11.4 Å². The Morgan fingerprint density at radius 2 is 1.83 bits per heavy atom. The molecule has 14 heteroatoms. The predicted molar refractivity (Wildman–Crippen MR) is 112 cm³/mol. The Hall–Kier alpha value is -3.81. The van der Waals surface area contributed by atoms with E-state index in [1.165, 1.54) is 7.05 Å². The number of anilines is 1. The van der Waals surface area contributed by atoms with Gasteiger partial charge in [-0.2, -0.15) is 4.68 Å². The summed E-state index contributed by atoms with van der Waals surface area (Å²) in [6.45, 7) is -1.57. The maximum absolute atomic E-state index is 15.0. The number of nitrogens with zero attached hydrogens (tertiary/aromatic N) is 3. The number of rotatable bonds is 9. The van der Waals surface area contributed by atoms with E-state index in [1.807, 2.05) is 5.32 Å². The van der Waals surface area contributed by atoms with E-state index in [-0.39, 0.29) is 18.8 Å². The number of benzene rings is 2. The fraction of sp³-hybridized carbons (Fsp3) is 0.286. The molecule has 2 aromatic carbocycles. The first-order chi connectivity index (χ1) is 16.6. The molecule has 3 aromatic rings. The Labute approximate surface area is 193 Å². The van der Waals surface area contributed by atoms with Crippen LogP contribution in [0.5, 0.6) is 5.75 Å². The van der Waals surface area contributed by atoms with Crippen molar-refractivity contribution in [1.82, 2.24) is 14.3 Å². The van der Waals surface area contributed by atoms with Crippen molar-refractivity contribution in [2.75, 3.05) is 18.5 Å². The van der Waals surface area contributed by atoms with Gasteiger partial charge in [0.25, 0.3) is 12.3 Å². The molecule has 3 rings (SSSR count). The number of nitrogens with two attached hydrogens (primary N) is 1. The molecule has 0 aliphatic heterocycles. The molecule has 188 valence electrons. The molecule has 0 bridgehead atoms. The van der Waals surface area contributed by atoms with E-state index in [0.717, 1.165) is 22.8 Å². The Morgan fingerprint density at radius 3 is 2.40 bits per heavy atom. The van der Waals surface area contributed by atoms with Gasteiger partial charge in [0.1, 0.15) is 47.1 Å². The average Bonchev–Trinajstić information content (AvgIpc) is 3.08. The van der Waals surface area contributed by atoms with Crippen LogP contribution < -0.4 is 21.5 Å². The number of nitrogens with one attached hydrogen (secondary N) is 1. The number of hydrogen-bond donors (Lipinski definition) is 2. The van der Waals surface area contributed by atoms with E-state index >= 15 is 4.39 Å². The van der Waals surface area contributed by atoms with Crippen molar-refractivity contribution in [1.29, 1.82) is 0 Å². The van der Waals surface area contributed by atoms with Gasteiger partial charge in [0.2, 0.25) is 0 Å². The van der Waals surface area contributed by atoms with Crippen molar-refractivity contribution in [3.63, 3.8) is 0 Å². The lowest BCUT2D eigenvalue weighted by Gasteiger charge is -2.19. The van der Waals surface area contributed by atoms with E-state index in [9.17, 15) is 31.5 Å². The van der Waals surface area contributed by atoms with Crippen molar-refractivity contribution in [2.45, 2.75) is 19.0 Å². The first kappa shape index (κ1) is 25.8. The smallest absolute Gasteiger partial charge is 0.350 e.